The number of hydrogen-bond donors (Lipinski definition) is 1. The van der Waals surface area contributed by atoms with Gasteiger partial charge in [0, 0.05) is 25.3 Å². The molecule has 1 aromatic carbocycles. The van der Waals surface area contributed by atoms with E-state index in [0.29, 0.717) is 6.54 Å². The van der Waals surface area contributed by atoms with Gasteiger partial charge in [0.2, 0.25) is 0 Å². The quantitative estimate of drug-likeness (QED) is 0.742. The minimum Gasteiger partial charge on any atom is -0.371 e. The first-order chi connectivity index (χ1) is 6.31. The van der Waals surface area contributed by atoms with E-state index >= 15 is 0 Å². The minimum atomic E-state index is 0.646. The van der Waals surface area contributed by atoms with Crippen LogP contribution in [0.5, 0.6) is 0 Å². The van der Waals surface area contributed by atoms with Crippen LogP contribution in [0.15, 0.2) is 18.2 Å². The van der Waals surface area contributed by atoms with Crippen LogP contribution in [0.4, 0.5) is 5.69 Å². The Bertz CT molecular complexity index is 303. The highest BCUT2D eigenvalue weighted by molar-refractivity contribution is 5.56. The van der Waals surface area contributed by atoms with E-state index in [4.69, 9.17) is 5.73 Å². The van der Waals surface area contributed by atoms with Crippen molar-refractivity contribution in [3.63, 3.8) is 0 Å². The molecule has 0 unspecified atom stereocenters. The lowest BCUT2D eigenvalue weighted by Crippen LogP contribution is -2.37. The second-order valence-corrected chi connectivity index (χ2v) is 3.68. The molecule has 2 nitrogen and oxygen atoms in total. The average Bonchev–Trinajstić information content (AvgIpc) is 2.05. The Kier molecular flexibility index (Phi) is 2.23. The maximum Gasteiger partial charge on any atom is 0.0411 e. The van der Waals surface area contributed by atoms with Crippen molar-refractivity contribution in [2.24, 2.45) is 5.73 Å². The molecule has 70 valence electrons. The fraction of sp³-hybridized carbons (Fsp3) is 0.455. The molecule has 1 aliphatic rings. The van der Waals surface area contributed by atoms with Gasteiger partial charge in [-0.05, 0) is 25.0 Å². The zero-order valence-corrected chi connectivity index (χ0v) is 8.09. The number of benzene rings is 1. The molecule has 1 saturated heterocycles. The van der Waals surface area contributed by atoms with Gasteiger partial charge >= 0.3 is 0 Å². The summed E-state index contributed by atoms with van der Waals surface area (Å²) in [5.74, 6) is 0. The molecule has 0 aliphatic carbocycles. The lowest BCUT2D eigenvalue weighted by atomic mass is 10.1. The zero-order chi connectivity index (χ0) is 9.26. The van der Waals surface area contributed by atoms with Gasteiger partial charge in [0.15, 0.2) is 0 Å². The van der Waals surface area contributed by atoms with Crippen LogP contribution in [0.25, 0.3) is 0 Å². The minimum absolute atomic E-state index is 0.646. The summed E-state index contributed by atoms with van der Waals surface area (Å²) in [6, 6.07) is 6.54. The van der Waals surface area contributed by atoms with Crippen molar-refractivity contribution in [1.29, 1.82) is 0 Å². The van der Waals surface area contributed by atoms with Gasteiger partial charge in [-0.1, -0.05) is 17.7 Å². The molecule has 0 saturated carbocycles. The second kappa shape index (κ2) is 3.38. The third kappa shape index (κ3) is 1.54. The van der Waals surface area contributed by atoms with Gasteiger partial charge in [0.05, 0.1) is 0 Å². The highest BCUT2D eigenvalue weighted by atomic mass is 15.2. The Morgan fingerprint density at radius 1 is 1.38 bits per heavy atom. The van der Waals surface area contributed by atoms with Crippen LogP contribution < -0.4 is 10.6 Å². The molecule has 2 rings (SSSR count). The number of nitrogens with two attached hydrogens (primary N) is 1. The molecule has 0 aromatic heterocycles. The van der Waals surface area contributed by atoms with Crippen molar-refractivity contribution < 1.29 is 0 Å². The van der Waals surface area contributed by atoms with Crippen molar-refractivity contribution in [1.82, 2.24) is 0 Å². The standard InChI is InChI=1S/C11H16N2/c1-9-3-4-11(10(7-9)8-12)13-5-2-6-13/h3-4,7H,2,5-6,8,12H2,1H3. The molecule has 13 heavy (non-hydrogen) atoms. The number of nitrogens with zero attached hydrogens (tertiary/aromatic N) is 1. The first-order valence-corrected chi connectivity index (χ1v) is 4.86. The number of rotatable bonds is 2. The van der Waals surface area contributed by atoms with E-state index in [2.05, 4.69) is 30.0 Å². The predicted octanol–water partition coefficient (Wildman–Crippen LogP) is 1.66. The molecule has 0 bridgehead atoms. The third-order valence-corrected chi connectivity index (χ3v) is 2.65. The molecule has 0 amide bonds. The lowest BCUT2D eigenvalue weighted by Gasteiger charge is -2.34. The highest BCUT2D eigenvalue weighted by Gasteiger charge is 2.16. The topological polar surface area (TPSA) is 29.3 Å². The maximum atomic E-state index is 5.71. The van der Waals surface area contributed by atoms with E-state index in [1.54, 1.807) is 0 Å². The van der Waals surface area contributed by atoms with Crippen LogP contribution in [0.3, 0.4) is 0 Å². The number of aryl methyl sites for hydroxylation is 1. The Labute approximate surface area is 79.4 Å². The molecule has 0 radical (unpaired) electrons. The fourth-order valence-electron chi connectivity index (χ4n) is 1.74. The second-order valence-electron chi connectivity index (χ2n) is 3.68. The summed E-state index contributed by atoms with van der Waals surface area (Å²) in [6.07, 6.45) is 1.32. The smallest absolute Gasteiger partial charge is 0.0411 e. The van der Waals surface area contributed by atoms with Gasteiger partial charge in [0.1, 0.15) is 0 Å². The van der Waals surface area contributed by atoms with Crippen molar-refractivity contribution in [3.05, 3.63) is 29.3 Å². The van der Waals surface area contributed by atoms with Crippen LogP contribution in [-0.4, -0.2) is 13.1 Å². The summed E-state index contributed by atoms with van der Waals surface area (Å²) in [4.78, 5) is 2.39. The van der Waals surface area contributed by atoms with E-state index in [1.807, 2.05) is 0 Å². The van der Waals surface area contributed by atoms with Crippen LogP contribution in [0, 0.1) is 6.92 Å². The average molecular weight is 176 g/mol. The van der Waals surface area contributed by atoms with E-state index < -0.39 is 0 Å². The Morgan fingerprint density at radius 2 is 2.15 bits per heavy atom. The van der Waals surface area contributed by atoms with Crippen molar-refractivity contribution >= 4 is 5.69 Å². The first-order valence-electron chi connectivity index (χ1n) is 4.86. The molecule has 1 heterocycles. The molecule has 1 aliphatic heterocycles. The van der Waals surface area contributed by atoms with E-state index in [1.165, 1.54) is 36.3 Å². The van der Waals surface area contributed by atoms with Crippen molar-refractivity contribution in [2.75, 3.05) is 18.0 Å². The molecular weight excluding hydrogens is 160 g/mol. The Hall–Kier alpha value is -1.02. The Morgan fingerprint density at radius 3 is 2.69 bits per heavy atom. The summed E-state index contributed by atoms with van der Waals surface area (Å²) >= 11 is 0. The van der Waals surface area contributed by atoms with Gasteiger partial charge in [-0.25, -0.2) is 0 Å². The van der Waals surface area contributed by atoms with E-state index in [-0.39, 0.29) is 0 Å². The van der Waals surface area contributed by atoms with Crippen molar-refractivity contribution in [2.45, 2.75) is 19.9 Å². The summed E-state index contributed by atoms with van der Waals surface area (Å²) in [7, 11) is 0. The third-order valence-electron chi connectivity index (χ3n) is 2.65. The van der Waals surface area contributed by atoms with Gasteiger partial charge in [0.25, 0.3) is 0 Å². The summed E-state index contributed by atoms with van der Waals surface area (Å²) in [5, 5.41) is 0. The first kappa shape index (κ1) is 8.57. The molecule has 1 fully saturated rings. The highest BCUT2D eigenvalue weighted by Crippen LogP contribution is 2.25. The van der Waals surface area contributed by atoms with Crippen LogP contribution >= 0.6 is 0 Å². The van der Waals surface area contributed by atoms with Gasteiger partial charge in [-0.3, -0.25) is 0 Å². The molecule has 1 aromatic rings. The number of hydrogen-bond acceptors (Lipinski definition) is 2. The van der Waals surface area contributed by atoms with Crippen LogP contribution in [0.2, 0.25) is 0 Å². The van der Waals surface area contributed by atoms with E-state index in [9.17, 15) is 0 Å². The molecule has 0 atom stereocenters. The predicted molar refractivity (Wildman–Crippen MR) is 55.9 cm³/mol. The van der Waals surface area contributed by atoms with Crippen molar-refractivity contribution in [3.8, 4) is 0 Å². The SMILES string of the molecule is Cc1ccc(N2CCC2)c(CN)c1. The molecule has 2 heteroatoms. The van der Waals surface area contributed by atoms with Gasteiger partial charge in [-0.15, -0.1) is 0 Å². The molecule has 2 N–H and O–H groups in total. The zero-order valence-electron chi connectivity index (χ0n) is 8.09. The van der Waals surface area contributed by atoms with E-state index in [0.717, 1.165) is 0 Å². The fourth-order valence-corrected chi connectivity index (χ4v) is 1.74. The number of anilines is 1. The van der Waals surface area contributed by atoms with Crippen LogP contribution in [0.1, 0.15) is 17.5 Å². The summed E-state index contributed by atoms with van der Waals surface area (Å²) in [6.45, 7) is 5.14. The summed E-state index contributed by atoms with van der Waals surface area (Å²) < 4.78 is 0. The van der Waals surface area contributed by atoms with Gasteiger partial charge < -0.3 is 10.6 Å². The Balaban J connectivity index is 2.32. The lowest BCUT2D eigenvalue weighted by molar-refractivity contribution is 0.615. The maximum absolute atomic E-state index is 5.71. The monoisotopic (exact) mass is 176 g/mol. The van der Waals surface area contributed by atoms with Gasteiger partial charge in [-0.2, -0.15) is 0 Å². The summed E-state index contributed by atoms with van der Waals surface area (Å²) in [5.41, 5.74) is 9.62. The van der Waals surface area contributed by atoms with Crippen LogP contribution in [-0.2, 0) is 6.54 Å². The molecular formula is C11H16N2. The largest absolute Gasteiger partial charge is 0.371 e. The normalized spacial score (nSPS) is 15.7. The molecule has 0 spiro atoms.